The summed E-state index contributed by atoms with van der Waals surface area (Å²) in [5.41, 5.74) is 5.41. The molecule has 0 radical (unpaired) electrons. The van der Waals surface area contributed by atoms with Crippen LogP contribution in [0.25, 0.3) is 0 Å². The van der Waals surface area contributed by atoms with E-state index >= 15 is 0 Å². The van der Waals surface area contributed by atoms with Gasteiger partial charge in [0.15, 0.2) is 0 Å². The molecule has 2 atom stereocenters. The Balaban J connectivity index is 2.34. The van der Waals surface area contributed by atoms with Crippen LogP contribution in [0.15, 0.2) is 36.9 Å². The summed E-state index contributed by atoms with van der Waals surface area (Å²) in [4.78, 5) is 3.85. The summed E-state index contributed by atoms with van der Waals surface area (Å²) in [6.07, 6.45) is 2.97. The molecular weight excluding hydrogens is 252 g/mol. The molecule has 5 nitrogen and oxygen atoms in total. The Labute approximate surface area is 110 Å². The van der Waals surface area contributed by atoms with Crippen molar-refractivity contribution in [3.05, 3.63) is 47.5 Å². The maximum absolute atomic E-state index is 10.8. The number of aliphatic hydroxyl groups is 1. The Morgan fingerprint density at radius 1 is 1.44 bits per heavy atom. The average Bonchev–Trinajstić information content (AvgIpc) is 2.82. The highest BCUT2D eigenvalue weighted by Gasteiger charge is 2.34. The molecule has 0 spiro atoms. The number of nitrogens with zero attached hydrogens (tertiary/aromatic N) is 3. The number of hydrogen-bond acceptors (Lipinski definition) is 4. The lowest BCUT2D eigenvalue weighted by atomic mass is 9.87. The lowest BCUT2D eigenvalue weighted by Gasteiger charge is -2.32. The highest BCUT2D eigenvalue weighted by atomic mass is 35.5. The minimum atomic E-state index is -1.21. The maximum atomic E-state index is 10.8. The van der Waals surface area contributed by atoms with Crippen molar-refractivity contribution < 1.29 is 5.11 Å². The first-order valence-corrected chi connectivity index (χ1v) is 5.96. The lowest BCUT2D eigenvalue weighted by Crippen LogP contribution is -2.46. The molecule has 1 heterocycles. The van der Waals surface area contributed by atoms with Crippen LogP contribution >= 0.6 is 11.6 Å². The van der Waals surface area contributed by atoms with Crippen molar-refractivity contribution in [2.75, 3.05) is 0 Å². The third-order valence-corrected chi connectivity index (χ3v) is 3.22. The standard InChI is InChI=1S/C12H15ClN4O/c1-9(14)12(18,6-17-8-15-7-16-17)10-2-4-11(13)5-3-10/h2-5,7-9,18H,6,14H2,1H3/t9-,12?/m1/s1. The second kappa shape index (κ2) is 5.06. The molecule has 0 amide bonds. The van der Waals surface area contributed by atoms with Gasteiger partial charge in [-0.15, -0.1) is 0 Å². The summed E-state index contributed by atoms with van der Waals surface area (Å²) in [6.45, 7) is 2.00. The van der Waals surface area contributed by atoms with Gasteiger partial charge in [-0.25, -0.2) is 9.67 Å². The molecule has 0 aliphatic heterocycles. The van der Waals surface area contributed by atoms with Crippen molar-refractivity contribution in [3.8, 4) is 0 Å². The molecule has 1 unspecified atom stereocenters. The quantitative estimate of drug-likeness (QED) is 0.871. The van der Waals surface area contributed by atoms with Crippen LogP contribution < -0.4 is 5.73 Å². The fourth-order valence-corrected chi connectivity index (χ4v) is 1.92. The summed E-state index contributed by atoms with van der Waals surface area (Å²) in [7, 11) is 0. The van der Waals surface area contributed by atoms with Crippen LogP contribution in [0.4, 0.5) is 0 Å². The van der Waals surface area contributed by atoms with Crippen molar-refractivity contribution in [2.45, 2.75) is 25.1 Å². The molecular formula is C12H15ClN4O. The van der Waals surface area contributed by atoms with Gasteiger partial charge in [-0.2, -0.15) is 5.10 Å². The zero-order valence-electron chi connectivity index (χ0n) is 9.99. The van der Waals surface area contributed by atoms with E-state index in [4.69, 9.17) is 17.3 Å². The normalized spacial score (nSPS) is 16.2. The van der Waals surface area contributed by atoms with Crippen molar-refractivity contribution in [1.29, 1.82) is 0 Å². The predicted octanol–water partition coefficient (Wildman–Crippen LogP) is 1.17. The molecule has 1 aromatic heterocycles. The highest BCUT2D eigenvalue weighted by molar-refractivity contribution is 6.30. The Bertz CT molecular complexity index is 497. The third kappa shape index (κ3) is 2.53. The monoisotopic (exact) mass is 266 g/mol. The minimum absolute atomic E-state index is 0.242. The van der Waals surface area contributed by atoms with Crippen LogP contribution in [-0.2, 0) is 12.1 Å². The number of nitrogens with two attached hydrogens (primary N) is 1. The van der Waals surface area contributed by atoms with Gasteiger partial charge in [0.1, 0.15) is 18.3 Å². The topological polar surface area (TPSA) is 77.0 Å². The van der Waals surface area contributed by atoms with Gasteiger partial charge >= 0.3 is 0 Å². The molecule has 0 bridgehead atoms. The first kappa shape index (κ1) is 13.0. The Kier molecular flexibility index (Phi) is 3.65. The number of aromatic nitrogens is 3. The predicted molar refractivity (Wildman–Crippen MR) is 69.0 cm³/mol. The van der Waals surface area contributed by atoms with Gasteiger partial charge in [-0.05, 0) is 24.6 Å². The van der Waals surface area contributed by atoms with E-state index in [2.05, 4.69) is 10.1 Å². The van der Waals surface area contributed by atoms with Gasteiger partial charge in [0.25, 0.3) is 0 Å². The molecule has 2 rings (SSSR count). The first-order chi connectivity index (χ1) is 8.52. The molecule has 3 N–H and O–H groups in total. The number of rotatable bonds is 4. The number of benzene rings is 1. The molecule has 96 valence electrons. The largest absolute Gasteiger partial charge is 0.382 e. The third-order valence-electron chi connectivity index (χ3n) is 2.97. The van der Waals surface area contributed by atoms with Gasteiger partial charge in [-0.1, -0.05) is 23.7 Å². The second-order valence-electron chi connectivity index (χ2n) is 4.31. The van der Waals surface area contributed by atoms with Crippen LogP contribution in [0.5, 0.6) is 0 Å². The molecule has 0 saturated heterocycles. The SMILES string of the molecule is C[C@@H](N)C(O)(Cn1cncn1)c1ccc(Cl)cc1. The van der Waals surface area contributed by atoms with E-state index in [0.29, 0.717) is 10.6 Å². The molecule has 0 aliphatic carbocycles. The van der Waals surface area contributed by atoms with Crippen molar-refractivity contribution in [1.82, 2.24) is 14.8 Å². The van der Waals surface area contributed by atoms with E-state index < -0.39 is 11.6 Å². The van der Waals surface area contributed by atoms with E-state index in [9.17, 15) is 5.11 Å². The summed E-state index contributed by atoms with van der Waals surface area (Å²) in [6, 6.07) is 6.53. The zero-order valence-corrected chi connectivity index (χ0v) is 10.7. The van der Waals surface area contributed by atoms with Crippen LogP contribution in [-0.4, -0.2) is 25.9 Å². The summed E-state index contributed by atoms with van der Waals surface area (Å²) < 4.78 is 1.55. The van der Waals surface area contributed by atoms with Crippen LogP contribution in [0.3, 0.4) is 0 Å². The van der Waals surface area contributed by atoms with Gasteiger partial charge in [0.2, 0.25) is 0 Å². The molecule has 0 aliphatic rings. The summed E-state index contributed by atoms with van der Waals surface area (Å²) in [5, 5.41) is 15.4. The fraction of sp³-hybridized carbons (Fsp3) is 0.333. The smallest absolute Gasteiger partial charge is 0.137 e. The van der Waals surface area contributed by atoms with Gasteiger partial charge < -0.3 is 10.8 Å². The molecule has 0 fully saturated rings. The minimum Gasteiger partial charge on any atom is -0.382 e. The summed E-state index contributed by atoms with van der Waals surface area (Å²) >= 11 is 5.84. The first-order valence-electron chi connectivity index (χ1n) is 5.59. The van der Waals surface area contributed by atoms with E-state index in [1.807, 2.05) is 0 Å². The Morgan fingerprint density at radius 3 is 2.61 bits per heavy atom. The van der Waals surface area contributed by atoms with Crippen molar-refractivity contribution in [2.24, 2.45) is 5.73 Å². The van der Waals surface area contributed by atoms with E-state index in [0.717, 1.165) is 0 Å². The van der Waals surface area contributed by atoms with E-state index in [1.165, 1.54) is 6.33 Å². The van der Waals surface area contributed by atoms with Gasteiger partial charge in [0.05, 0.1) is 6.54 Å². The van der Waals surface area contributed by atoms with Gasteiger partial charge in [0, 0.05) is 11.1 Å². The molecule has 2 aromatic rings. The Hall–Kier alpha value is -1.43. The molecule has 18 heavy (non-hydrogen) atoms. The van der Waals surface area contributed by atoms with Crippen LogP contribution in [0, 0.1) is 0 Å². The van der Waals surface area contributed by atoms with Gasteiger partial charge in [-0.3, -0.25) is 0 Å². The fourth-order valence-electron chi connectivity index (χ4n) is 1.80. The average molecular weight is 267 g/mol. The zero-order chi connectivity index (χ0) is 13.2. The van der Waals surface area contributed by atoms with E-state index in [-0.39, 0.29) is 6.54 Å². The number of halogens is 1. The second-order valence-corrected chi connectivity index (χ2v) is 4.75. The van der Waals surface area contributed by atoms with Crippen molar-refractivity contribution >= 4 is 11.6 Å². The molecule has 6 heteroatoms. The van der Waals surface area contributed by atoms with E-state index in [1.54, 1.807) is 42.2 Å². The highest BCUT2D eigenvalue weighted by Crippen LogP contribution is 2.27. The lowest BCUT2D eigenvalue weighted by molar-refractivity contribution is -0.00537. The molecule has 1 aromatic carbocycles. The Morgan fingerprint density at radius 2 is 2.11 bits per heavy atom. The summed E-state index contributed by atoms with van der Waals surface area (Å²) in [5.74, 6) is 0. The van der Waals surface area contributed by atoms with Crippen LogP contribution in [0.2, 0.25) is 5.02 Å². The number of hydrogen-bond donors (Lipinski definition) is 2. The molecule has 0 saturated carbocycles. The van der Waals surface area contributed by atoms with Crippen molar-refractivity contribution in [3.63, 3.8) is 0 Å². The maximum Gasteiger partial charge on any atom is 0.137 e. The van der Waals surface area contributed by atoms with Crippen LogP contribution in [0.1, 0.15) is 12.5 Å².